The maximum atomic E-state index is 14.8. The van der Waals surface area contributed by atoms with Crippen molar-refractivity contribution in [2.45, 2.75) is 83.8 Å². The Hall–Kier alpha value is -2.90. The van der Waals surface area contributed by atoms with Gasteiger partial charge in [0.1, 0.15) is 30.4 Å². The molecule has 5 rings (SSSR count). The SMILES string of the molecule is C[C@H]1C2[C@@H]([C@H]3[C@@H]1CN(C(=O)C(NC(=O)OC1CC1)C(C)(C)C)[C@@H]3C(=O)N[C@H](C#N)C[C@@H]1CCNC1=O)[C@@H]2F. The number of hydrogen-bond acceptors (Lipinski definition) is 6. The number of carbonyl (C=O) groups excluding carboxylic acids is 4. The predicted molar refractivity (Wildman–Crippen MR) is 133 cm³/mol. The van der Waals surface area contributed by atoms with Crippen LogP contribution in [0.4, 0.5) is 9.18 Å². The zero-order chi connectivity index (χ0) is 27.5. The highest BCUT2D eigenvalue weighted by molar-refractivity contribution is 5.93. The normalized spacial score (nSPS) is 36.8. The molecule has 38 heavy (non-hydrogen) atoms. The molecule has 2 aliphatic heterocycles. The van der Waals surface area contributed by atoms with Crippen LogP contribution in [0.1, 0.15) is 53.4 Å². The number of hydrogen-bond donors (Lipinski definition) is 3. The summed E-state index contributed by atoms with van der Waals surface area (Å²) in [5.74, 6) is -2.22. The van der Waals surface area contributed by atoms with Crippen molar-refractivity contribution in [2.24, 2.45) is 40.9 Å². The molecule has 3 N–H and O–H groups in total. The number of halogens is 1. The summed E-state index contributed by atoms with van der Waals surface area (Å²) in [6.07, 6.45) is 0.562. The van der Waals surface area contributed by atoms with Crippen LogP contribution in [-0.4, -0.2) is 72.2 Å². The second kappa shape index (κ2) is 9.69. The van der Waals surface area contributed by atoms with E-state index in [1.807, 2.05) is 27.7 Å². The average molecular weight is 532 g/mol. The van der Waals surface area contributed by atoms with E-state index in [0.717, 1.165) is 12.8 Å². The first-order valence-corrected chi connectivity index (χ1v) is 13.8. The molecule has 2 unspecified atom stereocenters. The van der Waals surface area contributed by atoms with Crippen molar-refractivity contribution < 1.29 is 28.3 Å². The van der Waals surface area contributed by atoms with Crippen LogP contribution in [0.25, 0.3) is 0 Å². The lowest BCUT2D eigenvalue weighted by atomic mass is 9.84. The van der Waals surface area contributed by atoms with Gasteiger partial charge in [-0.15, -0.1) is 0 Å². The second-order valence-electron chi connectivity index (χ2n) is 12.9. The molecule has 10 atom stereocenters. The van der Waals surface area contributed by atoms with Gasteiger partial charge in [0.15, 0.2) is 0 Å². The van der Waals surface area contributed by atoms with Gasteiger partial charge in [-0.05, 0) is 54.8 Å². The molecule has 0 spiro atoms. The summed E-state index contributed by atoms with van der Waals surface area (Å²) in [6, 6.07) is -0.738. The minimum absolute atomic E-state index is 0.0166. The Labute approximate surface area is 222 Å². The first-order valence-electron chi connectivity index (χ1n) is 13.8. The van der Waals surface area contributed by atoms with Crippen molar-refractivity contribution in [3.63, 3.8) is 0 Å². The third kappa shape index (κ3) is 4.82. The van der Waals surface area contributed by atoms with Crippen molar-refractivity contribution in [3.8, 4) is 6.07 Å². The molecule has 3 aliphatic carbocycles. The van der Waals surface area contributed by atoms with Crippen LogP contribution in [0.15, 0.2) is 0 Å². The molecule has 10 nitrogen and oxygen atoms in total. The molecule has 0 aromatic heterocycles. The van der Waals surface area contributed by atoms with Crippen molar-refractivity contribution in [3.05, 3.63) is 0 Å². The van der Waals surface area contributed by atoms with Gasteiger partial charge in [0, 0.05) is 24.9 Å². The van der Waals surface area contributed by atoms with Crippen molar-refractivity contribution in [1.29, 1.82) is 5.26 Å². The molecule has 0 radical (unpaired) electrons. The van der Waals surface area contributed by atoms with Gasteiger partial charge in [-0.25, -0.2) is 9.18 Å². The van der Waals surface area contributed by atoms with Crippen LogP contribution >= 0.6 is 0 Å². The molecule has 208 valence electrons. The number of nitrogens with one attached hydrogen (secondary N) is 3. The highest BCUT2D eigenvalue weighted by Gasteiger charge is 2.72. The van der Waals surface area contributed by atoms with Crippen LogP contribution in [-0.2, 0) is 19.1 Å². The predicted octanol–water partition coefficient (Wildman–Crippen LogP) is 1.50. The molecular weight excluding hydrogens is 493 g/mol. The lowest BCUT2D eigenvalue weighted by Gasteiger charge is -2.36. The quantitative estimate of drug-likeness (QED) is 0.455. The average Bonchev–Trinajstić information content (AvgIpc) is 3.64. The van der Waals surface area contributed by atoms with Gasteiger partial charge >= 0.3 is 6.09 Å². The van der Waals surface area contributed by atoms with Crippen LogP contribution < -0.4 is 16.0 Å². The fourth-order valence-electron chi connectivity index (χ4n) is 7.03. The Morgan fingerprint density at radius 1 is 1.18 bits per heavy atom. The molecule has 5 fully saturated rings. The van der Waals surface area contributed by atoms with E-state index < -0.39 is 47.6 Å². The molecule has 0 bridgehead atoms. The molecule has 11 heteroatoms. The summed E-state index contributed by atoms with van der Waals surface area (Å²) >= 11 is 0. The first-order chi connectivity index (χ1) is 17.9. The van der Waals surface area contributed by atoms with Crippen molar-refractivity contribution >= 4 is 23.8 Å². The molecular formula is C27H38FN5O5. The Morgan fingerprint density at radius 2 is 1.89 bits per heavy atom. The van der Waals surface area contributed by atoms with Gasteiger partial charge in [-0.2, -0.15) is 5.26 Å². The molecule has 4 amide bonds. The summed E-state index contributed by atoms with van der Waals surface area (Å²) in [7, 11) is 0. The van der Waals surface area contributed by atoms with E-state index >= 15 is 0 Å². The lowest BCUT2D eigenvalue weighted by Crippen LogP contribution is -2.59. The maximum absolute atomic E-state index is 14.8. The number of carbonyl (C=O) groups is 4. The molecule has 5 aliphatic rings. The Kier molecular flexibility index (Phi) is 6.81. The molecule has 0 aromatic carbocycles. The number of rotatable bonds is 7. The van der Waals surface area contributed by atoms with E-state index in [1.54, 1.807) is 0 Å². The van der Waals surface area contributed by atoms with Crippen LogP contribution in [0.2, 0.25) is 0 Å². The number of amides is 4. The number of alkyl carbamates (subject to hydrolysis) is 1. The zero-order valence-corrected chi connectivity index (χ0v) is 22.4. The van der Waals surface area contributed by atoms with Gasteiger partial charge < -0.3 is 25.6 Å². The first kappa shape index (κ1) is 26.7. The second-order valence-corrected chi connectivity index (χ2v) is 12.9. The van der Waals surface area contributed by atoms with Gasteiger partial charge in [0.25, 0.3) is 0 Å². The fourth-order valence-corrected chi connectivity index (χ4v) is 7.03. The van der Waals surface area contributed by atoms with Gasteiger partial charge in [-0.1, -0.05) is 27.7 Å². The van der Waals surface area contributed by atoms with Crippen molar-refractivity contribution in [2.75, 3.05) is 13.1 Å². The smallest absolute Gasteiger partial charge is 0.408 e. The van der Waals surface area contributed by atoms with Gasteiger partial charge in [0.05, 0.1) is 6.07 Å². The Balaban J connectivity index is 1.37. The third-order valence-corrected chi connectivity index (χ3v) is 9.25. The van der Waals surface area contributed by atoms with E-state index in [4.69, 9.17) is 4.74 Å². The van der Waals surface area contributed by atoms with E-state index in [-0.39, 0.29) is 60.5 Å². The van der Waals surface area contributed by atoms with Gasteiger partial charge in [0.2, 0.25) is 17.7 Å². The molecule has 2 heterocycles. The zero-order valence-electron chi connectivity index (χ0n) is 22.4. The Morgan fingerprint density at radius 3 is 2.47 bits per heavy atom. The van der Waals surface area contributed by atoms with E-state index in [9.17, 15) is 28.8 Å². The monoisotopic (exact) mass is 531 g/mol. The van der Waals surface area contributed by atoms with E-state index in [0.29, 0.717) is 13.0 Å². The van der Waals surface area contributed by atoms with Crippen molar-refractivity contribution in [1.82, 2.24) is 20.9 Å². The molecule has 3 saturated carbocycles. The van der Waals surface area contributed by atoms with Crippen LogP contribution in [0.3, 0.4) is 0 Å². The largest absolute Gasteiger partial charge is 0.446 e. The van der Waals surface area contributed by atoms with Crippen LogP contribution in [0.5, 0.6) is 0 Å². The number of alkyl halides is 1. The van der Waals surface area contributed by atoms with E-state index in [2.05, 4.69) is 22.0 Å². The summed E-state index contributed by atoms with van der Waals surface area (Å²) in [4.78, 5) is 53.8. The number of likely N-dealkylation sites (tertiary alicyclic amines) is 1. The summed E-state index contributed by atoms with van der Waals surface area (Å²) in [5, 5.41) is 18.0. The summed E-state index contributed by atoms with van der Waals surface area (Å²) < 4.78 is 20.1. The number of fused-ring (bicyclic) bond motifs is 3. The van der Waals surface area contributed by atoms with Gasteiger partial charge in [-0.3, -0.25) is 14.4 Å². The number of nitriles is 1. The number of nitrogens with zero attached hydrogens (tertiary/aromatic N) is 2. The van der Waals surface area contributed by atoms with Crippen LogP contribution in [0, 0.1) is 52.3 Å². The highest BCUT2D eigenvalue weighted by Crippen LogP contribution is 2.66. The molecule has 2 saturated heterocycles. The molecule has 0 aromatic rings. The fraction of sp³-hybridized carbons (Fsp3) is 0.815. The summed E-state index contributed by atoms with van der Waals surface area (Å²) in [5.41, 5.74) is -0.681. The standard InChI is InChI=1S/C27H38FN5O5/c1-12-16-11-33(25(36)22(27(2,3)4)32-26(37)38-15-5-6-15)21(18(16)19-17(12)20(19)28)24(35)31-14(10-29)9-13-7-8-30-23(13)34/h12-22H,5-9,11H2,1-4H3,(H,30,34)(H,31,35)(H,32,37)/t12-,13+,14+,16-,17?,18-,19+,20-,21+,22?/m1/s1. The topological polar surface area (TPSA) is 141 Å². The highest BCUT2D eigenvalue weighted by atomic mass is 19.1. The maximum Gasteiger partial charge on any atom is 0.408 e. The lowest BCUT2D eigenvalue weighted by molar-refractivity contribution is -0.143. The Bertz CT molecular complexity index is 1050. The third-order valence-electron chi connectivity index (χ3n) is 9.25. The van der Waals surface area contributed by atoms with E-state index in [1.165, 1.54) is 4.90 Å². The minimum Gasteiger partial charge on any atom is -0.446 e. The summed E-state index contributed by atoms with van der Waals surface area (Å²) in [6.45, 7) is 8.29. The minimum atomic E-state index is -1.00. The number of ether oxygens (including phenoxy) is 1.